The number of hydrogen-bond donors (Lipinski definition) is 1. The molecule has 0 fully saturated rings. The Balaban J connectivity index is 1.86. The molecule has 0 saturated heterocycles. The molecule has 0 aliphatic rings. The van der Waals surface area contributed by atoms with E-state index < -0.39 is 10.8 Å². The summed E-state index contributed by atoms with van der Waals surface area (Å²) < 4.78 is 1.20. The average molecular weight is 364 g/mol. The highest BCUT2D eigenvalue weighted by atomic mass is 16.6. The summed E-state index contributed by atoms with van der Waals surface area (Å²) >= 11 is 0. The molecule has 0 aliphatic heterocycles. The minimum Gasteiger partial charge on any atom is -0.320 e. The van der Waals surface area contributed by atoms with E-state index in [0.717, 1.165) is 5.56 Å². The molecular weight excluding hydrogens is 348 g/mol. The van der Waals surface area contributed by atoms with Crippen LogP contribution in [0.1, 0.15) is 21.6 Å². The monoisotopic (exact) mass is 364 g/mol. The van der Waals surface area contributed by atoms with Crippen LogP contribution in [0.5, 0.6) is 0 Å². The first kappa shape index (κ1) is 18.0. The summed E-state index contributed by atoms with van der Waals surface area (Å²) in [5.74, 6) is -0.555. The average Bonchev–Trinajstić information content (AvgIpc) is 2.65. The number of hydrogen-bond acceptors (Lipinski definition) is 5. The van der Waals surface area contributed by atoms with Crippen molar-refractivity contribution in [3.63, 3.8) is 0 Å². The molecule has 0 saturated carbocycles. The number of nitro groups is 1. The molecule has 2 aromatic carbocycles. The lowest BCUT2D eigenvalue weighted by atomic mass is 10.1. The van der Waals surface area contributed by atoms with E-state index >= 15 is 0 Å². The third kappa shape index (κ3) is 4.06. The van der Waals surface area contributed by atoms with Crippen LogP contribution in [0.2, 0.25) is 0 Å². The molecule has 0 aliphatic carbocycles. The number of nitrogens with zero attached hydrogens (tertiary/aromatic N) is 3. The number of amides is 1. The van der Waals surface area contributed by atoms with Gasteiger partial charge in [0.25, 0.3) is 17.2 Å². The van der Waals surface area contributed by atoms with E-state index in [-0.39, 0.29) is 23.5 Å². The Hall–Kier alpha value is -3.81. The molecule has 8 nitrogen and oxygen atoms in total. The fraction of sp³-hybridized carbons (Fsp3) is 0.105. The van der Waals surface area contributed by atoms with Crippen molar-refractivity contribution < 1.29 is 9.72 Å². The highest BCUT2D eigenvalue weighted by Crippen LogP contribution is 2.25. The zero-order valence-corrected chi connectivity index (χ0v) is 14.5. The van der Waals surface area contributed by atoms with Gasteiger partial charge in [-0.3, -0.25) is 19.7 Å². The first-order valence-electron chi connectivity index (χ1n) is 8.13. The summed E-state index contributed by atoms with van der Waals surface area (Å²) in [6.45, 7) is 1.79. The van der Waals surface area contributed by atoms with Crippen LogP contribution in [-0.4, -0.2) is 20.6 Å². The van der Waals surface area contributed by atoms with Crippen molar-refractivity contribution in [2.45, 2.75) is 13.5 Å². The fourth-order valence-corrected chi connectivity index (χ4v) is 2.58. The van der Waals surface area contributed by atoms with E-state index in [4.69, 9.17) is 0 Å². The van der Waals surface area contributed by atoms with Crippen LogP contribution in [0.25, 0.3) is 0 Å². The van der Waals surface area contributed by atoms with Gasteiger partial charge in [0.05, 0.1) is 22.7 Å². The predicted octanol–water partition coefficient (Wildman–Crippen LogP) is 2.76. The van der Waals surface area contributed by atoms with Gasteiger partial charge in [0.15, 0.2) is 0 Å². The van der Waals surface area contributed by atoms with Crippen LogP contribution in [-0.2, 0) is 6.54 Å². The van der Waals surface area contributed by atoms with Crippen molar-refractivity contribution in [1.29, 1.82) is 0 Å². The van der Waals surface area contributed by atoms with E-state index in [0.29, 0.717) is 11.3 Å². The van der Waals surface area contributed by atoms with Gasteiger partial charge in [0.1, 0.15) is 5.69 Å². The number of anilines is 1. The molecule has 0 atom stereocenters. The smallest absolute Gasteiger partial charge is 0.276 e. The second-order valence-electron chi connectivity index (χ2n) is 5.86. The maximum Gasteiger partial charge on any atom is 0.276 e. The zero-order chi connectivity index (χ0) is 19.4. The molecular formula is C19H16N4O4. The molecule has 0 unspecified atom stereocenters. The quantitative estimate of drug-likeness (QED) is 0.553. The Bertz CT molecular complexity index is 1060. The second kappa shape index (κ2) is 7.61. The fourth-order valence-electron chi connectivity index (χ4n) is 2.58. The SMILES string of the molecule is Cc1c(NC(=O)c2ccc(=O)n(Cc3ccccc3)n2)cccc1[N+](=O)[O-]. The van der Waals surface area contributed by atoms with Gasteiger partial charge in [-0.05, 0) is 24.6 Å². The van der Waals surface area contributed by atoms with Gasteiger partial charge in [0, 0.05) is 12.1 Å². The van der Waals surface area contributed by atoms with Crippen LogP contribution in [0.3, 0.4) is 0 Å². The van der Waals surface area contributed by atoms with Gasteiger partial charge in [0.2, 0.25) is 0 Å². The first-order chi connectivity index (χ1) is 13.0. The molecule has 1 amide bonds. The maximum atomic E-state index is 12.5. The number of benzene rings is 2. The van der Waals surface area contributed by atoms with Crippen molar-refractivity contribution in [2.24, 2.45) is 0 Å². The molecule has 8 heteroatoms. The third-order valence-electron chi connectivity index (χ3n) is 4.02. The van der Waals surface area contributed by atoms with Crippen molar-refractivity contribution in [3.05, 3.63) is 98.0 Å². The maximum absolute atomic E-state index is 12.5. The Labute approximate surface area is 154 Å². The van der Waals surface area contributed by atoms with Crippen LogP contribution < -0.4 is 10.9 Å². The van der Waals surface area contributed by atoms with Crippen LogP contribution in [0.4, 0.5) is 11.4 Å². The molecule has 3 aromatic rings. The summed E-state index contributed by atoms with van der Waals surface area (Å²) in [5, 5.41) is 17.7. The Morgan fingerprint density at radius 2 is 1.85 bits per heavy atom. The number of rotatable bonds is 5. The van der Waals surface area contributed by atoms with Crippen molar-refractivity contribution in [3.8, 4) is 0 Å². The lowest BCUT2D eigenvalue weighted by Gasteiger charge is -2.10. The van der Waals surface area contributed by atoms with Crippen molar-refractivity contribution in [1.82, 2.24) is 9.78 Å². The molecule has 27 heavy (non-hydrogen) atoms. The normalized spacial score (nSPS) is 10.4. The van der Waals surface area contributed by atoms with E-state index in [1.165, 1.54) is 28.9 Å². The van der Waals surface area contributed by atoms with Gasteiger partial charge in [-0.2, -0.15) is 5.10 Å². The van der Waals surface area contributed by atoms with Gasteiger partial charge in [-0.15, -0.1) is 0 Å². The van der Waals surface area contributed by atoms with E-state index in [9.17, 15) is 19.7 Å². The molecule has 1 aromatic heterocycles. The Kier molecular flexibility index (Phi) is 5.07. The van der Waals surface area contributed by atoms with Crippen LogP contribution in [0, 0.1) is 17.0 Å². The summed E-state index contributed by atoms with van der Waals surface area (Å²) in [5.41, 5.74) is 1.15. The summed E-state index contributed by atoms with van der Waals surface area (Å²) in [6, 6.07) is 16.3. The Morgan fingerprint density at radius 1 is 1.11 bits per heavy atom. The van der Waals surface area contributed by atoms with Crippen molar-refractivity contribution >= 4 is 17.3 Å². The first-order valence-corrected chi connectivity index (χ1v) is 8.13. The van der Waals surface area contributed by atoms with E-state index in [2.05, 4.69) is 10.4 Å². The summed E-state index contributed by atoms with van der Waals surface area (Å²) in [4.78, 5) is 35.0. The van der Waals surface area contributed by atoms with Gasteiger partial charge < -0.3 is 5.32 Å². The molecule has 1 heterocycles. The largest absolute Gasteiger partial charge is 0.320 e. The minimum atomic E-state index is -0.555. The standard InChI is InChI=1S/C19H16N4O4/c1-13-15(8-5-9-17(13)23(26)27)20-19(25)16-10-11-18(24)22(21-16)12-14-6-3-2-4-7-14/h2-11H,12H2,1H3,(H,20,25). The van der Waals surface area contributed by atoms with Crippen LogP contribution in [0.15, 0.2) is 65.5 Å². The number of nitro benzene ring substituents is 1. The molecule has 1 N–H and O–H groups in total. The number of nitrogens with one attached hydrogen (secondary N) is 1. The highest BCUT2D eigenvalue weighted by Gasteiger charge is 2.16. The predicted molar refractivity (Wildman–Crippen MR) is 99.8 cm³/mol. The molecule has 0 spiro atoms. The molecule has 0 bridgehead atoms. The van der Waals surface area contributed by atoms with E-state index in [1.54, 1.807) is 13.0 Å². The van der Waals surface area contributed by atoms with Gasteiger partial charge >= 0.3 is 0 Å². The highest BCUT2D eigenvalue weighted by molar-refractivity contribution is 6.03. The summed E-state index contributed by atoms with van der Waals surface area (Å²) in [7, 11) is 0. The molecule has 0 radical (unpaired) electrons. The summed E-state index contributed by atoms with van der Waals surface area (Å²) in [6.07, 6.45) is 0. The van der Waals surface area contributed by atoms with Crippen molar-refractivity contribution in [2.75, 3.05) is 5.32 Å². The lowest BCUT2D eigenvalue weighted by Crippen LogP contribution is -2.26. The Morgan fingerprint density at radius 3 is 2.56 bits per heavy atom. The number of aromatic nitrogens is 2. The number of carbonyl (C=O) groups is 1. The van der Waals surface area contributed by atoms with Crippen LogP contribution >= 0.6 is 0 Å². The minimum absolute atomic E-state index is 0.0384. The molecule has 136 valence electrons. The zero-order valence-electron chi connectivity index (χ0n) is 14.5. The lowest BCUT2D eigenvalue weighted by molar-refractivity contribution is -0.385. The number of carbonyl (C=O) groups excluding carboxylic acids is 1. The third-order valence-corrected chi connectivity index (χ3v) is 4.02. The second-order valence-corrected chi connectivity index (χ2v) is 5.86. The van der Waals surface area contributed by atoms with Gasteiger partial charge in [-0.25, -0.2) is 4.68 Å². The molecule has 3 rings (SSSR count). The topological polar surface area (TPSA) is 107 Å². The van der Waals surface area contributed by atoms with E-state index in [1.807, 2.05) is 30.3 Å². The van der Waals surface area contributed by atoms with Gasteiger partial charge in [-0.1, -0.05) is 36.4 Å².